The zero-order valence-electron chi connectivity index (χ0n) is 12.7. The van der Waals surface area contributed by atoms with E-state index < -0.39 is 16.8 Å². The summed E-state index contributed by atoms with van der Waals surface area (Å²) in [6.07, 6.45) is 0. The summed E-state index contributed by atoms with van der Waals surface area (Å²) < 4.78 is 5.29. The predicted octanol–water partition coefficient (Wildman–Crippen LogP) is 2.40. The summed E-state index contributed by atoms with van der Waals surface area (Å²) in [6.45, 7) is 0. The largest absolute Gasteiger partial charge is 0.421 e. The molecule has 0 atom stereocenters. The molecule has 2 aromatic rings. The number of nitrogens with one attached hydrogen (secondary N) is 1. The molecule has 0 unspecified atom stereocenters. The molecule has 0 fully saturated rings. The van der Waals surface area contributed by atoms with Crippen molar-refractivity contribution in [2.75, 3.05) is 0 Å². The third-order valence-corrected chi connectivity index (χ3v) is 3.99. The summed E-state index contributed by atoms with van der Waals surface area (Å²) in [5.74, 6) is -0.952. The van der Waals surface area contributed by atoms with Crippen molar-refractivity contribution in [1.82, 2.24) is 5.32 Å². The van der Waals surface area contributed by atoms with E-state index in [0.29, 0.717) is 16.8 Å². The van der Waals surface area contributed by atoms with Gasteiger partial charge in [0.2, 0.25) is 0 Å². The quantitative estimate of drug-likeness (QED) is 0.528. The van der Waals surface area contributed by atoms with E-state index in [1.54, 1.807) is 24.3 Å². The number of hydrogen-bond acceptors (Lipinski definition) is 5. The zero-order chi connectivity index (χ0) is 17.6. The molecule has 2 aliphatic heterocycles. The first-order valence-electron chi connectivity index (χ1n) is 7.39. The molecule has 0 saturated heterocycles. The molecule has 2 aromatic carbocycles. The lowest BCUT2D eigenvalue weighted by molar-refractivity contribution is -0.384. The van der Waals surface area contributed by atoms with E-state index >= 15 is 0 Å². The van der Waals surface area contributed by atoms with E-state index in [0.717, 1.165) is 0 Å². The van der Waals surface area contributed by atoms with Gasteiger partial charge in [0.15, 0.2) is 5.76 Å². The first-order valence-corrected chi connectivity index (χ1v) is 7.39. The smallest absolute Gasteiger partial charge is 0.346 e. The molecule has 0 spiro atoms. The average molecular weight is 334 g/mol. The second kappa shape index (κ2) is 5.41. The number of non-ortho nitro benzene ring substituents is 1. The van der Waals surface area contributed by atoms with Crippen LogP contribution in [0.1, 0.15) is 11.1 Å². The van der Waals surface area contributed by atoms with Crippen molar-refractivity contribution >= 4 is 29.0 Å². The number of cyclic esters (lactones) is 1. The number of nitrogens with zero attached hydrogens (tertiary/aromatic N) is 1. The number of nitro groups is 1. The Morgan fingerprint density at radius 2 is 1.56 bits per heavy atom. The van der Waals surface area contributed by atoms with E-state index in [1.807, 2.05) is 6.07 Å². The molecule has 122 valence electrons. The summed E-state index contributed by atoms with van der Waals surface area (Å²) >= 11 is 0. The average Bonchev–Trinajstić information content (AvgIpc) is 3.15. The normalized spacial score (nSPS) is 16.0. The molecule has 0 radical (unpaired) electrons. The molecule has 2 aliphatic rings. The number of hydrogen-bond donors (Lipinski definition) is 1. The van der Waals surface area contributed by atoms with Crippen LogP contribution in [0.15, 0.2) is 65.7 Å². The molecule has 7 nitrogen and oxygen atoms in total. The topological polar surface area (TPSA) is 98.5 Å². The van der Waals surface area contributed by atoms with Crippen LogP contribution >= 0.6 is 0 Å². The van der Waals surface area contributed by atoms with Gasteiger partial charge in [-0.05, 0) is 17.7 Å². The first-order chi connectivity index (χ1) is 12.1. The van der Waals surface area contributed by atoms with Crippen LogP contribution in [-0.2, 0) is 14.3 Å². The van der Waals surface area contributed by atoms with Crippen LogP contribution in [-0.4, -0.2) is 16.8 Å². The highest BCUT2D eigenvalue weighted by molar-refractivity contribution is 6.27. The number of carbonyl (C=O) groups excluding carboxylic acids is 2. The van der Waals surface area contributed by atoms with Crippen LogP contribution < -0.4 is 5.32 Å². The van der Waals surface area contributed by atoms with Crippen molar-refractivity contribution in [3.63, 3.8) is 0 Å². The number of rotatable bonds is 3. The predicted molar refractivity (Wildman–Crippen MR) is 87.6 cm³/mol. The fraction of sp³-hybridized carbons (Fsp3) is 0. The van der Waals surface area contributed by atoms with Crippen LogP contribution in [0.25, 0.3) is 11.5 Å². The molecule has 4 rings (SSSR count). The number of nitro benzene ring substituents is 1. The molecule has 0 bridgehead atoms. The second-order valence-corrected chi connectivity index (χ2v) is 5.47. The lowest BCUT2D eigenvalue weighted by Gasteiger charge is -2.06. The van der Waals surface area contributed by atoms with Gasteiger partial charge in [-0.25, -0.2) is 4.79 Å². The van der Waals surface area contributed by atoms with E-state index in [-0.39, 0.29) is 22.6 Å². The van der Waals surface area contributed by atoms with Crippen LogP contribution in [0.2, 0.25) is 0 Å². The van der Waals surface area contributed by atoms with E-state index in [4.69, 9.17) is 4.74 Å². The number of esters is 1. The van der Waals surface area contributed by atoms with Crippen molar-refractivity contribution < 1.29 is 19.2 Å². The minimum Gasteiger partial charge on any atom is -0.421 e. The highest BCUT2D eigenvalue weighted by Gasteiger charge is 2.43. The van der Waals surface area contributed by atoms with E-state index in [2.05, 4.69) is 5.32 Å². The molecule has 0 aromatic heterocycles. The highest BCUT2D eigenvalue weighted by atomic mass is 16.6. The Bertz CT molecular complexity index is 988. The third-order valence-electron chi connectivity index (χ3n) is 3.99. The van der Waals surface area contributed by atoms with E-state index in [1.165, 1.54) is 24.3 Å². The van der Waals surface area contributed by atoms with Gasteiger partial charge in [0.25, 0.3) is 11.6 Å². The number of carbonyl (C=O) groups is 2. The van der Waals surface area contributed by atoms with Crippen molar-refractivity contribution in [3.05, 3.63) is 87.0 Å². The minimum absolute atomic E-state index is 0.0877. The van der Waals surface area contributed by atoms with Crippen molar-refractivity contribution in [2.45, 2.75) is 0 Å². The molecule has 2 heterocycles. The number of ether oxygens (including phenoxy) is 1. The molecule has 7 heteroatoms. The number of fused-ring (bicyclic) bond motifs is 1. The van der Waals surface area contributed by atoms with Crippen molar-refractivity contribution in [1.29, 1.82) is 0 Å². The van der Waals surface area contributed by atoms with Crippen molar-refractivity contribution in [3.8, 4) is 0 Å². The Hall–Kier alpha value is -3.74. The van der Waals surface area contributed by atoms with Gasteiger partial charge in [0.1, 0.15) is 5.57 Å². The molecular weight excluding hydrogens is 324 g/mol. The van der Waals surface area contributed by atoms with Crippen LogP contribution in [0.3, 0.4) is 0 Å². The third kappa shape index (κ3) is 2.29. The van der Waals surface area contributed by atoms with Crippen LogP contribution in [0, 0.1) is 10.1 Å². The minimum atomic E-state index is -0.624. The summed E-state index contributed by atoms with van der Waals surface area (Å²) in [7, 11) is 0. The maximum atomic E-state index is 12.4. The van der Waals surface area contributed by atoms with Gasteiger partial charge >= 0.3 is 5.97 Å². The van der Waals surface area contributed by atoms with Crippen molar-refractivity contribution in [2.24, 2.45) is 0 Å². The van der Waals surface area contributed by atoms with Crippen LogP contribution in [0.5, 0.6) is 0 Å². The fourth-order valence-electron chi connectivity index (χ4n) is 2.85. The summed E-state index contributed by atoms with van der Waals surface area (Å²) in [6, 6.07) is 14.5. The molecule has 1 amide bonds. The molecular formula is C18H10N2O5. The number of amides is 1. The Labute approximate surface area is 141 Å². The Morgan fingerprint density at radius 1 is 0.880 bits per heavy atom. The van der Waals surface area contributed by atoms with Gasteiger partial charge in [-0.15, -0.1) is 0 Å². The maximum Gasteiger partial charge on any atom is 0.346 e. The lowest BCUT2D eigenvalue weighted by atomic mass is 10.0. The fourth-order valence-corrected chi connectivity index (χ4v) is 2.85. The summed E-state index contributed by atoms with van der Waals surface area (Å²) in [5.41, 5.74) is 1.77. The maximum absolute atomic E-state index is 12.4. The summed E-state index contributed by atoms with van der Waals surface area (Å²) in [4.78, 5) is 34.9. The lowest BCUT2D eigenvalue weighted by Crippen LogP contribution is -2.17. The monoisotopic (exact) mass is 334 g/mol. The Morgan fingerprint density at radius 3 is 2.20 bits per heavy atom. The Kier molecular flexibility index (Phi) is 3.21. The van der Waals surface area contributed by atoms with Gasteiger partial charge < -0.3 is 10.1 Å². The van der Waals surface area contributed by atoms with Gasteiger partial charge in [-0.1, -0.05) is 30.3 Å². The SMILES string of the molecule is O=C1NC(c2ccccc2)=C2C(=O)OC(c3ccc([N+](=O)[O-])cc3)=C12. The molecule has 0 saturated carbocycles. The standard InChI is InChI=1S/C18H10N2O5/c21-17-14-13(15(19-17)10-4-2-1-3-5-10)18(22)25-16(14)11-6-8-12(9-7-11)20(23)24/h1-9H,(H,19,21). The highest BCUT2D eigenvalue weighted by Crippen LogP contribution is 2.40. The molecule has 25 heavy (non-hydrogen) atoms. The van der Waals surface area contributed by atoms with Gasteiger partial charge in [0.05, 0.1) is 16.2 Å². The number of benzene rings is 2. The van der Waals surface area contributed by atoms with Gasteiger partial charge in [-0.3, -0.25) is 14.9 Å². The Balaban J connectivity index is 1.85. The molecule has 0 aliphatic carbocycles. The van der Waals surface area contributed by atoms with E-state index in [9.17, 15) is 19.7 Å². The van der Waals surface area contributed by atoms with Gasteiger partial charge in [-0.2, -0.15) is 0 Å². The second-order valence-electron chi connectivity index (χ2n) is 5.47. The zero-order valence-corrected chi connectivity index (χ0v) is 12.7. The first kappa shape index (κ1) is 14.8. The summed E-state index contributed by atoms with van der Waals surface area (Å²) in [5, 5.41) is 13.5. The molecule has 1 N–H and O–H groups in total. The van der Waals surface area contributed by atoms with Gasteiger partial charge in [0, 0.05) is 17.7 Å². The van der Waals surface area contributed by atoms with Crippen LogP contribution in [0.4, 0.5) is 5.69 Å².